The maximum absolute atomic E-state index is 12.4. The van der Waals surface area contributed by atoms with Crippen LogP contribution in [-0.4, -0.2) is 50.6 Å². The minimum atomic E-state index is 0.176. The first-order valence-electron chi connectivity index (χ1n) is 6.82. The second-order valence-corrected chi connectivity index (χ2v) is 5.28. The molecule has 4 nitrogen and oxygen atoms in total. The van der Waals surface area contributed by atoms with Gasteiger partial charge in [0.05, 0.1) is 0 Å². The molecule has 19 heavy (non-hydrogen) atoms. The molecule has 1 amide bonds. The van der Waals surface area contributed by atoms with Crippen LogP contribution in [-0.2, 0) is 4.79 Å². The van der Waals surface area contributed by atoms with Gasteiger partial charge in [-0.3, -0.25) is 4.79 Å². The highest BCUT2D eigenvalue weighted by Crippen LogP contribution is 2.19. The van der Waals surface area contributed by atoms with Gasteiger partial charge in [-0.2, -0.15) is 0 Å². The number of piperazine rings is 1. The molecular weight excluding hydrogens is 238 g/mol. The molecule has 1 fully saturated rings. The van der Waals surface area contributed by atoms with Crippen LogP contribution in [0.25, 0.3) is 0 Å². The van der Waals surface area contributed by atoms with Gasteiger partial charge in [-0.25, -0.2) is 0 Å². The van der Waals surface area contributed by atoms with Crippen molar-refractivity contribution < 1.29 is 4.79 Å². The normalized spacial score (nSPS) is 20.3. The van der Waals surface area contributed by atoms with Crippen molar-refractivity contribution in [2.45, 2.75) is 19.4 Å². The quantitative estimate of drug-likeness (QED) is 0.889. The molecule has 4 heteroatoms. The lowest BCUT2D eigenvalue weighted by Crippen LogP contribution is -2.51. The smallest absolute Gasteiger partial charge is 0.228 e. The van der Waals surface area contributed by atoms with Crippen LogP contribution in [0.4, 0.5) is 5.69 Å². The molecule has 1 heterocycles. The Morgan fingerprint density at radius 3 is 2.89 bits per heavy atom. The van der Waals surface area contributed by atoms with Crippen LogP contribution in [0.3, 0.4) is 0 Å². The number of rotatable bonds is 3. The zero-order chi connectivity index (χ0) is 13.8. The number of aryl methyl sites for hydroxylation is 1. The number of nitrogens with zero attached hydrogens (tertiary/aromatic N) is 2. The van der Waals surface area contributed by atoms with E-state index in [9.17, 15) is 4.79 Å². The SMILES string of the molecule is Cc1ccccc1N(C)C(=O)CC1CNCCN1C. The highest BCUT2D eigenvalue weighted by molar-refractivity contribution is 5.93. The molecule has 1 aliphatic rings. The van der Waals surface area contributed by atoms with Gasteiger partial charge in [0.2, 0.25) is 5.91 Å². The first-order valence-corrected chi connectivity index (χ1v) is 6.82. The maximum atomic E-state index is 12.4. The van der Waals surface area contributed by atoms with E-state index in [-0.39, 0.29) is 5.91 Å². The third kappa shape index (κ3) is 3.33. The van der Waals surface area contributed by atoms with Gasteiger partial charge in [-0.15, -0.1) is 0 Å². The number of amides is 1. The molecule has 0 saturated carbocycles. The van der Waals surface area contributed by atoms with Crippen molar-refractivity contribution in [2.24, 2.45) is 0 Å². The fourth-order valence-corrected chi connectivity index (χ4v) is 2.50. The molecule has 1 atom stereocenters. The summed E-state index contributed by atoms with van der Waals surface area (Å²) in [5.41, 5.74) is 2.13. The van der Waals surface area contributed by atoms with Gasteiger partial charge in [0.1, 0.15) is 0 Å². The van der Waals surface area contributed by atoms with Crippen LogP contribution in [0.15, 0.2) is 24.3 Å². The largest absolute Gasteiger partial charge is 0.315 e. The summed E-state index contributed by atoms with van der Waals surface area (Å²) in [7, 11) is 3.95. The summed E-state index contributed by atoms with van der Waals surface area (Å²) < 4.78 is 0. The number of benzene rings is 1. The van der Waals surface area contributed by atoms with Crippen LogP contribution in [0.2, 0.25) is 0 Å². The van der Waals surface area contributed by atoms with E-state index in [2.05, 4.69) is 17.3 Å². The van der Waals surface area contributed by atoms with Crippen LogP contribution in [0, 0.1) is 6.92 Å². The Morgan fingerprint density at radius 1 is 1.47 bits per heavy atom. The summed E-state index contributed by atoms with van der Waals surface area (Å²) in [5.74, 6) is 0.176. The molecule has 1 saturated heterocycles. The lowest BCUT2D eigenvalue weighted by atomic mass is 10.1. The number of carbonyl (C=O) groups is 1. The van der Waals surface area contributed by atoms with E-state index in [1.807, 2.05) is 38.2 Å². The van der Waals surface area contributed by atoms with Crippen molar-refractivity contribution in [3.8, 4) is 0 Å². The predicted octanol–water partition coefficient (Wildman–Crippen LogP) is 1.25. The van der Waals surface area contributed by atoms with Crippen LogP contribution < -0.4 is 10.2 Å². The van der Waals surface area contributed by atoms with Crippen molar-refractivity contribution in [2.75, 3.05) is 38.6 Å². The molecule has 1 N–H and O–H groups in total. The predicted molar refractivity (Wildman–Crippen MR) is 78.5 cm³/mol. The van der Waals surface area contributed by atoms with Gasteiger partial charge in [0.15, 0.2) is 0 Å². The fraction of sp³-hybridized carbons (Fsp3) is 0.533. The molecule has 104 valence electrons. The van der Waals surface area contributed by atoms with Gasteiger partial charge in [-0.1, -0.05) is 18.2 Å². The van der Waals surface area contributed by atoms with Crippen molar-refractivity contribution >= 4 is 11.6 Å². The highest BCUT2D eigenvalue weighted by atomic mass is 16.2. The second-order valence-electron chi connectivity index (χ2n) is 5.28. The number of nitrogens with one attached hydrogen (secondary N) is 1. The minimum absolute atomic E-state index is 0.176. The molecule has 0 bridgehead atoms. The van der Waals surface area contributed by atoms with E-state index in [1.165, 1.54) is 0 Å². The van der Waals surface area contributed by atoms with Crippen LogP contribution in [0.5, 0.6) is 0 Å². The summed E-state index contributed by atoms with van der Waals surface area (Å²) in [6.07, 6.45) is 0.564. The second kappa shape index (κ2) is 6.17. The maximum Gasteiger partial charge on any atom is 0.228 e. The first-order chi connectivity index (χ1) is 9.09. The monoisotopic (exact) mass is 261 g/mol. The molecule has 1 aromatic carbocycles. The molecule has 0 aromatic heterocycles. The van der Waals surface area contributed by atoms with E-state index in [0.717, 1.165) is 30.9 Å². The van der Waals surface area contributed by atoms with E-state index in [0.29, 0.717) is 12.5 Å². The third-order valence-electron chi connectivity index (χ3n) is 3.91. The Bertz CT molecular complexity index is 447. The summed E-state index contributed by atoms with van der Waals surface area (Å²) >= 11 is 0. The molecule has 1 unspecified atom stereocenters. The third-order valence-corrected chi connectivity index (χ3v) is 3.91. The average molecular weight is 261 g/mol. The Hall–Kier alpha value is -1.39. The first kappa shape index (κ1) is 14.0. The molecule has 0 spiro atoms. The van der Waals surface area contributed by atoms with Gasteiger partial charge in [-0.05, 0) is 25.6 Å². The molecule has 1 aromatic rings. The zero-order valence-electron chi connectivity index (χ0n) is 12.0. The molecule has 1 aliphatic heterocycles. The highest BCUT2D eigenvalue weighted by Gasteiger charge is 2.23. The number of anilines is 1. The Labute approximate surface area is 115 Å². The fourth-order valence-electron chi connectivity index (χ4n) is 2.50. The number of hydrogen-bond acceptors (Lipinski definition) is 3. The van der Waals surface area contributed by atoms with Gasteiger partial charge in [0, 0.05) is 44.8 Å². The Balaban J connectivity index is 2.01. The number of carbonyl (C=O) groups excluding carboxylic acids is 1. The van der Waals surface area contributed by atoms with E-state index in [1.54, 1.807) is 4.90 Å². The lowest BCUT2D eigenvalue weighted by molar-refractivity contribution is -0.119. The zero-order valence-corrected chi connectivity index (χ0v) is 12.0. The summed E-state index contributed by atoms with van der Waals surface area (Å²) in [6.45, 7) is 4.94. The molecular formula is C15H23N3O. The van der Waals surface area contributed by atoms with E-state index < -0.39 is 0 Å². The topological polar surface area (TPSA) is 35.6 Å². The minimum Gasteiger partial charge on any atom is -0.315 e. The summed E-state index contributed by atoms with van der Waals surface area (Å²) in [6, 6.07) is 8.30. The van der Waals surface area contributed by atoms with Crippen LogP contribution in [0.1, 0.15) is 12.0 Å². The number of para-hydroxylation sites is 1. The van der Waals surface area contributed by atoms with Crippen molar-refractivity contribution in [3.05, 3.63) is 29.8 Å². The van der Waals surface area contributed by atoms with Gasteiger partial charge < -0.3 is 15.1 Å². The molecule has 0 radical (unpaired) electrons. The lowest BCUT2D eigenvalue weighted by Gasteiger charge is -2.33. The summed E-state index contributed by atoms with van der Waals surface area (Å²) in [5, 5.41) is 3.35. The standard InChI is InChI=1S/C15H23N3O/c1-12-6-4-5-7-14(12)18(3)15(19)10-13-11-16-8-9-17(13)2/h4-7,13,16H,8-11H2,1-3H3. The number of hydrogen-bond donors (Lipinski definition) is 1. The summed E-state index contributed by atoms with van der Waals surface area (Å²) in [4.78, 5) is 16.4. The Kier molecular flexibility index (Phi) is 4.56. The van der Waals surface area contributed by atoms with E-state index >= 15 is 0 Å². The van der Waals surface area contributed by atoms with Crippen molar-refractivity contribution in [1.82, 2.24) is 10.2 Å². The molecule has 2 rings (SSSR count). The van der Waals surface area contributed by atoms with E-state index in [4.69, 9.17) is 0 Å². The van der Waals surface area contributed by atoms with Crippen molar-refractivity contribution in [3.63, 3.8) is 0 Å². The average Bonchev–Trinajstić information content (AvgIpc) is 2.41. The molecule has 0 aliphatic carbocycles. The van der Waals surface area contributed by atoms with Crippen LogP contribution >= 0.6 is 0 Å². The van der Waals surface area contributed by atoms with Gasteiger partial charge in [0.25, 0.3) is 0 Å². The number of likely N-dealkylation sites (N-methyl/N-ethyl adjacent to an activating group) is 1. The Morgan fingerprint density at radius 2 is 2.21 bits per heavy atom. The van der Waals surface area contributed by atoms with Crippen molar-refractivity contribution in [1.29, 1.82) is 0 Å². The van der Waals surface area contributed by atoms with Gasteiger partial charge >= 0.3 is 0 Å².